The van der Waals surface area contributed by atoms with Crippen LogP contribution in [0.5, 0.6) is 0 Å². The van der Waals surface area contributed by atoms with Gasteiger partial charge in [-0.2, -0.15) is 0 Å². The molecule has 2 amide bonds. The summed E-state index contributed by atoms with van der Waals surface area (Å²) in [7, 11) is 0. The molecule has 0 fully saturated rings. The average molecular weight is 354 g/mol. The Morgan fingerprint density at radius 2 is 1.73 bits per heavy atom. The number of carbonyl (C=O) groups excluding carboxylic acids is 3. The minimum Gasteiger partial charge on any atom is -0.451 e. The molecule has 0 saturated carbocycles. The lowest BCUT2D eigenvalue weighted by Crippen LogP contribution is -2.28. The Hall–Kier alpha value is -3.15. The molecule has 136 valence electrons. The van der Waals surface area contributed by atoms with E-state index in [1.54, 1.807) is 37.3 Å². The predicted octanol–water partition coefficient (Wildman–Crippen LogP) is 2.90. The van der Waals surface area contributed by atoms with E-state index in [1.165, 1.54) is 0 Å². The van der Waals surface area contributed by atoms with E-state index >= 15 is 0 Å². The van der Waals surface area contributed by atoms with Crippen LogP contribution in [0.3, 0.4) is 0 Å². The number of hydrogen-bond donors (Lipinski definition) is 2. The highest BCUT2D eigenvalue weighted by molar-refractivity contribution is 6.02. The number of hydrogen-bond acceptors (Lipinski definition) is 4. The fourth-order valence-corrected chi connectivity index (χ4v) is 2.45. The maximum atomic E-state index is 12.6. The van der Waals surface area contributed by atoms with E-state index in [0.717, 1.165) is 16.7 Å². The first kappa shape index (κ1) is 19.2. The molecule has 0 aliphatic heterocycles. The van der Waals surface area contributed by atoms with E-state index in [4.69, 9.17) is 10.5 Å². The summed E-state index contributed by atoms with van der Waals surface area (Å²) in [5, 5.41) is 2.46. The lowest BCUT2D eigenvalue weighted by molar-refractivity contribution is 0.0318. The molecular formula is C20H22N2O4. The molecular weight excluding hydrogens is 332 g/mol. The van der Waals surface area contributed by atoms with Crippen molar-refractivity contribution >= 4 is 17.8 Å². The van der Waals surface area contributed by atoms with Gasteiger partial charge in [0.2, 0.25) is 5.78 Å². The summed E-state index contributed by atoms with van der Waals surface area (Å²) >= 11 is 0. The van der Waals surface area contributed by atoms with Crippen molar-refractivity contribution in [1.29, 1.82) is 0 Å². The van der Waals surface area contributed by atoms with Gasteiger partial charge in [-0.1, -0.05) is 29.8 Å². The number of carbonyl (C=O) groups is 3. The first-order chi connectivity index (χ1) is 12.3. The second-order valence-corrected chi connectivity index (χ2v) is 6.14. The molecule has 2 rings (SSSR count). The zero-order chi connectivity index (χ0) is 19.3. The van der Waals surface area contributed by atoms with Crippen LogP contribution in [0.1, 0.15) is 44.3 Å². The molecule has 0 bridgehead atoms. The molecule has 1 atom stereocenters. The number of primary amides is 1. The summed E-state index contributed by atoms with van der Waals surface area (Å²) in [6, 6.07) is 11.5. The van der Waals surface area contributed by atoms with Crippen LogP contribution in [-0.2, 0) is 11.3 Å². The zero-order valence-corrected chi connectivity index (χ0v) is 15.0. The molecule has 2 aromatic carbocycles. The molecule has 0 aliphatic rings. The van der Waals surface area contributed by atoms with Crippen molar-refractivity contribution in [1.82, 2.24) is 5.32 Å². The number of ether oxygens (including phenoxy) is 1. The van der Waals surface area contributed by atoms with Crippen LogP contribution in [0.2, 0.25) is 0 Å². The van der Waals surface area contributed by atoms with Crippen LogP contribution in [0.15, 0.2) is 42.5 Å². The van der Waals surface area contributed by atoms with Crippen LogP contribution < -0.4 is 11.1 Å². The topological polar surface area (TPSA) is 98.5 Å². The molecule has 2 aromatic rings. The van der Waals surface area contributed by atoms with Crippen molar-refractivity contribution in [3.63, 3.8) is 0 Å². The molecule has 6 nitrogen and oxygen atoms in total. The number of esters is 1. The Balaban J connectivity index is 2.03. The Morgan fingerprint density at radius 1 is 1.08 bits per heavy atom. The second kappa shape index (κ2) is 8.29. The average Bonchev–Trinajstić information content (AvgIpc) is 2.61. The summed E-state index contributed by atoms with van der Waals surface area (Å²) in [5.41, 5.74) is 8.50. The van der Waals surface area contributed by atoms with Gasteiger partial charge in [-0.15, -0.1) is 0 Å². The first-order valence-electron chi connectivity index (χ1n) is 8.22. The summed E-state index contributed by atoms with van der Waals surface area (Å²) < 4.78 is 5.31. The van der Waals surface area contributed by atoms with Crippen LogP contribution in [0.25, 0.3) is 0 Å². The molecule has 0 heterocycles. The highest BCUT2D eigenvalue weighted by Crippen LogP contribution is 2.15. The standard InChI is InChI=1S/C20H22N2O4/c1-12-4-5-13(2)17(10-12)18(23)14(3)26-19(24)16-8-6-15(7-9-16)11-22-20(21)25/h4-10,14H,11H2,1-3H3,(H3,21,22,25). The van der Waals surface area contributed by atoms with E-state index < -0.39 is 18.1 Å². The number of ketones is 1. The summed E-state index contributed by atoms with van der Waals surface area (Å²) in [6.07, 6.45) is -0.890. The van der Waals surface area contributed by atoms with Crippen molar-refractivity contribution in [3.8, 4) is 0 Å². The Kier molecular flexibility index (Phi) is 6.11. The lowest BCUT2D eigenvalue weighted by Gasteiger charge is -2.14. The Labute approximate surface area is 152 Å². The molecule has 0 aliphatic carbocycles. The zero-order valence-electron chi connectivity index (χ0n) is 15.0. The van der Waals surface area contributed by atoms with Gasteiger partial charge in [0.25, 0.3) is 0 Å². The number of rotatable bonds is 6. The van der Waals surface area contributed by atoms with Gasteiger partial charge in [-0.05, 0) is 50.1 Å². The number of nitrogens with two attached hydrogens (primary N) is 1. The summed E-state index contributed by atoms with van der Waals surface area (Å²) in [6.45, 7) is 5.58. The van der Waals surface area contributed by atoms with Crippen LogP contribution >= 0.6 is 0 Å². The monoisotopic (exact) mass is 354 g/mol. The van der Waals surface area contributed by atoms with Crippen molar-refractivity contribution in [3.05, 3.63) is 70.3 Å². The highest BCUT2D eigenvalue weighted by atomic mass is 16.5. The highest BCUT2D eigenvalue weighted by Gasteiger charge is 2.21. The van der Waals surface area contributed by atoms with Crippen molar-refractivity contribution < 1.29 is 19.1 Å². The third-order valence-corrected chi connectivity index (χ3v) is 3.97. The van der Waals surface area contributed by atoms with E-state index in [1.807, 2.05) is 26.0 Å². The normalized spacial score (nSPS) is 11.5. The van der Waals surface area contributed by atoms with Gasteiger partial charge in [0.05, 0.1) is 5.56 Å². The maximum Gasteiger partial charge on any atom is 0.338 e. The number of Topliss-reactive ketones (excluding diaryl/α,β-unsaturated/α-hetero) is 1. The van der Waals surface area contributed by atoms with Crippen molar-refractivity contribution in [2.45, 2.75) is 33.4 Å². The van der Waals surface area contributed by atoms with Crippen LogP contribution in [0.4, 0.5) is 4.79 Å². The van der Waals surface area contributed by atoms with E-state index in [9.17, 15) is 14.4 Å². The van der Waals surface area contributed by atoms with Gasteiger partial charge < -0.3 is 15.8 Å². The number of nitrogens with one attached hydrogen (secondary N) is 1. The second-order valence-electron chi connectivity index (χ2n) is 6.14. The maximum absolute atomic E-state index is 12.6. The number of benzene rings is 2. The molecule has 3 N–H and O–H groups in total. The van der Waals surface area contributed by atoms with E-state index in [2.05, 4.69) is 5.32 Å². The fraction of sp³-hybridized carbons (Fsp3) is 0.250. The Morgan fingerprint density at radius 3 is 2.35 bits per heavy atom. The predicted molar refractivity (Wildman–Crippen MR) is 98.0 cm³/mol. The summed E-state index contributed by atoms with van der Waals surface area (Å²) in [4.78, 5) is 35.5. The molecule has 6 heteroatoms. The summed E-state index contributed by atoms with van der Waals surface area (Å²) in [5.74, 6) is -0.813. The molecule has 26 heavy (non-hydrogen) atoms. The van der Waals surface area contributed by atoms with E-state index in [0.29, 0.717) is 11.1 Å². The number of urea groups is 1. The third kappa shape index (κ3) is 4.92. The van der Waals surface area contributed by atoms with Crippen LogP contribution in [0, 0.1) is 13.8 Å². The quantitative estimate of drug-likeness (QED) is 0.615. The smallest absolute Gasteiger partial charge is 0.338 e. The van der Waals surface area contributed by atoms with Gasteiger partial charge in [-0.25, -0.2) is 9.59 Å². The molecule has 0 saturated heterocycles. The van der Waals surface area contributed by atoms with Gasteiger partial charge in [0.15, 0.2) is 6.10 Å². The van der Waals surface area contributed by atoms with Gasteiger partial charge in [0, 0.05) is 12.1 Å². The van der Waals surface area contributed by atoms with Crippen molar-refractivity contribution in [2.75, 3.05) is 0 Å². The third-order valence-electron chi connectivity index (χ3n) is 3.97. The number of aryl methyl sites for hydroxylation is 2. The molecule has 0 spiro atoms. The number of amides is 2. The van der Waals surface area contributed by atoms with Gasteiger partial charge in [-0.3, -0.25) is 4.79 Å². The first-order valence-corrected chi connectivity index (χ1v) is 8.22. The minimum absolute atomic E-state index is 0.234. The molecule has 0 radical (unpaired) electrons. The lowest BCUT2D eigenvalue weighted by atomic mass is 9.99. The van der Waals surface area contributed by atoms with Gasteiger partial charge in [0.1, 0.15) is 0 Å². The Bertz CT molecular complexity index is 828. The van der Waals surface area contributed by atoms with Gasteiger partial charge >= 0.3 is 12.0 Å². The van der Waals surface area contributed by atoms with Crippen molar-refractivity contribution in [2.24, 2.45) is 5.73 Å². The molecule has 0 aromatic heterocycles. The molecule has 1 unspecified atom stereocenters. The minimum atomic E-state index is -0.890. The van der Waals surface area contributed by atoms with Crippen LogP contribution in [-0.4, -0.2) is 23.9 Å². The largest absolute Gasteiger partial charge is 0.451 e. The van der Waals surface area contributed by atoms with E-state index in [-0.39, 0.29) is 12.3 Å². The SMILES string of the molecule is Cc1ccc(C)c(C(=O)C(C)OC(=O)c2ccc(CNC(N)=O)cc2)c1. The fourth-order valence-electron chi connectivity index (χ4n) is 2.45.